The third kappa shape index (κ3) is 5.11. The Labute approximate surface area is 123 Å². The molecule has 0 fully saturated rings. The lowest BCUT2D eigenvalue weighted by atomic mass is 10.0. The fourth-order valence-corrected chi connectivity index (χ4v) is 2.53. The van der Waals surface area contributed by atoms with Gasteiger partial charge in [-0.1, -0.05) is 36.1 Å². The molecule has 1 aliphatic rings. The van der Waals surface area contributed by atoms with Crippen molar-refractivity contribution in [3.63, 3.8) is 0 Å². The number of alkyl halides is 1. The maximum Gasteiger partial charge on any atom is 0.279 e. The van der Waals surface area contributed by atoms with Gasteiger partial charge < -0.3 is 15.8 Å². The van der Waals surface area contributed by atoms with Gasteiger partial charge >= 0.3 is 0 Å². The molecule has 2 unspecified atom stereocenters. The van der Waals surface area contributed by atoms with Crippen LogP contribution in [0.5, 0.6) is 0 Å². The minimum absolute atomic E-state index is 0.0676. The van der Waals surface area contributed by atoms with Gasteiger partial charge in [0.15, 0.2) is 0 Å². The molecule has 0 aromatic carbocycles. The van der Waals surface area contributed by atoms with Gasteiger partial charge in [-0.3, -0.25) is 4.79 Å². The van der Waals surface area contributed by atoms with Gasteiger partial charge in [-0.25, -0.2) is 4.39 Å². The van der Waals surface area contributed by atoms with Crippen LogP contribution in [0.15, 0.2) is 35.5 Å². The third-order valence-corrected chi connectivity index (χ3v) is 3.90. The van der Waals surface area contributed by atoms with Crippen LogP contribution in [0.1, 0.15) is 6.42 Å². The number of nitrogens with one attached hydrogen (secondary N) is 1. The van der Waals surface area contributed by atoms with Crippen molar-refractivity contribution in [1.82, 2.24) is 5.32 Å². The Morgan fingerprint density at radius 1 is 1.60 bits per heavy atom. The summed E-state index contributed by atoms with van der Waals surface area (Å²) in [4.78, 5) is 11.2. The number of ether oxygens (including phenoxy) is 1. The Kier molecular flexibility index (Phi) is 7.58. The number of halogens is 1. The molecule has 20 heavy (non-hydrogen) atoms. The second kappa shape index (κ2) is 8.94. The zero-order valence-electron chi connectivity index (χ0n) is 11.8. The Bertz CT molecular complexity index is 421. The van der Waals surface area contributed by atoms with Gasteiger partial charge in [0.2, 0.25) is 0 Å². The highest BCUT2D eigenvalue weighted by atomic mass is 32.2. The lowest BCUT2D eigenvalue weighted by Gasteiger charge is -2.22. The van der Waals surface area contributed by atoms with Crippen molar-refractivity contribution in [2.45, 2.75) is 18.6 Å². The molecule has 1 rings (SSSR count). The van der Waals surface area contributed by atoms with Crippen LogP contribution in [0, 0.1) is 0 Å². The lowest BCUT2D eigenvalue weighted by molar-refractivity contribution is 0.0983. The van der Waals surface area contributed by atoms with E-state index in [0.29, 0.717) is 12.2 Å². The topological polar surface area (TPSA) is 64.3 Å². The molecule has 0 saturated carbocycles. The summed E-state index contributed by atoms with van der Waals surface area (Å²) in [6, 6.07) is -0.658. The molecule has 6 heteroatoms. The maximum absolute atomic E-state index is 12.7. The summed E-state index contributed by atoms with van der Waals surface area (Å²) in [5.41, 5.74) is 7.68. The van der Waals surface area contributed by atoms with Crippen molar-refractivity contribution in [1.29, 1.82) is 0 Å². The molecule has 0 aromatic rings. The molecular formula is C14H21FN2O2S. The third-order valence-electron chi connectivity index (χ3n) is 2.96. The Hall–Kier alpha value is -1.11. The average Bonchev–Trinajstić information content (AvgIpc) is 2.71. The highest BCUT2D eigenvalue weighted by molar-refractivity contribution is 8.13. The van der Waals surface area contributed by atoms with Gasteiger partial charge in [0.1, 0.15) is 6.67 Å². The fraction of sp³-hybridized carbons (Fsp3) is 0.500. The predicted octanol–water partition coefficient (Wildman–Crippen LogP) is 2.18. The molecule has 0 spiro atoms. The number of thioether (sulfide) groups is 1. The first-order valence-corrected chi connectivity index (χ1v) is 7.36. The van der Waals surface area contributed by atoms with E-state index in [0.717, 1.165) is 11.1 Å². The van der Waals surface area contributed by atoms with Crippen LogP contribution in [0.4, 0.5) is 9.18 Å². The minimum atomic E-state index is -0.658. The van der Waals surface area contributed by atoms with Gasteiger partial charge in [-0.05, 0) is 17.6 Å². The molecule has 0 heterocycles. The Balaban J connectivity index is 2.73. The maximum atomic E-state index is 12.7. The van der Waals surface area contributed by atoms with Crippen molar-refractivity contribution in [3.8, 4) is 0 Å². The van der Waals surface area contributed by atoms with E-state index < -0.39 is 18.8 Å². The number of carbonyl (C=O) groups excluding carboxylic acids is 1. The van der Waals surface area contributed by atoms with Gasteiger partial charge in [0.25, 0.3) is 5.24 Å². The van der Waals surface area contributed by atoms with Crippen molar-refractivity contribution < 1.29 is 13.9 Å². The first kappa shape index (κ1) is 16.9. The van der Waals surface area contributed by atoms with Crippen molar-refractivity contribution in [3.05, 3.63) is 35.5 Å². The van der Waals surface area contributed by atoms with Crippen LogP contribution in [0.3, 0.4) is 0 Å². The van der Waals surface area contributed by atoms with E-state index in [1.807, 2.05) is 24.3 Å². The molecule has 0 radical (unpaired) electrons. The van der Waals surface area contributed by atoms with E-state index in [1.54, 1.807) is 7.05 Å². The number of methoxy groups -OCH3 is 1. The lowest BCUT2D eigenvalue weighted by Crippen LogP contribution is -2.39. The molecule has 1 aliphatic carbocycles. The first-order chi connectivity index (χ1) is 9.62. The molecule has 0 bridgehead atoms. The van der Waals surface area contributed by atoms with Gasteiger partial charge in [0.05, 0.1) is 12.1 Å². The van der Waals surface area contributed by atoms with E-state index in [1.165, 1.54) is 18.9 Å². The molecule has 0 aliphatic heterocycles. The first-order valence-electron chi connectivity index (χ1n) is 6.37. The van der Waals surface area contributed by atoms with Gasteiger partial charge in [-0.15, -0.1) is 0 Å². The summed E-state index contributed by atoms with van der Waals surface area (Å²) < 4.78 is 18.0. The van der Waals surface area contributed by atoms with Crippen LogP contribution in [0.25, 0.3) is 0 Å². The van der Waals surface area contributed by atoms with Crippen LogP contribution < -0.4 is 11.1 Å². The van der Waals surface area contributed by atoms with Crippen molar-refractivity contribution >= 4 is 17.0 Å². The Morgan fingerprint density at radius 3 is 2.95 bits per heavy atom. The average molecular weight is 300 g/mol. The van der Waals surface area contributed by atoms with Crippen LogP contribution in [-0.4, -0.2) is 44.0 Å². The van der Waals surface area contributed by atoms with Crippen LogP contribution >= 0.6 is 11.8 Å². The fourth-order valence-electron chi connectivity index (χ4n) is 1.89. The van der Waals surface area contributed by atoms with Crippen molar-refractivity contribution in [2.24, 2.45) is 5.73 Å². The summed E-state index contributed by atoms with van der Waals surface area (Å²) in [5, 5.41) is 2.49. The highest BCUT2D eigenvalue weighted by Gasteiger charge is 2.21. The number of nitrogens with two attached hydrogens (primary N) is 1. The second-order valence-corrected chi connectivity index (χ2v) is 5.34. The van der Waals surface area contributed by atoms with Gasteiger partial charge in [-0.2, -0.15) is 0 Å². The number of amides is 1. The molecule has 112 valence electrons. The number of carbonyl (C=O) groups is 1. The summed E-state index contributed by atoms with van der Waals surface area (Å²) in [6.45, 7) is -0.622. The molecule has 1 amide bonds. The molecule has 3 N–H and O–H groups in total. The normalized spacial score (nSPS) is 17.8. The SMILES string of the molecule is CNC(=O)SCC1=CC=C(C(OC)C(N)CF)CC=C1. The molecule has 0 aromatic heterocycles. The Morgan fingerprint density at radius 2 is 2.35 bits per heavy atom. The zero-order valence-corrected chi connectivity index (χ0v) is 12.6. The van der Waals surface area contributed by atoms with E-state index in [4.69, 9.17) is 10.5 Å². The largest absolute Gasteiger partial charge is 0.375 e. The molecular weight excluding hydrogens is 279 g/mol. The summed E-state index contributed by atoms with van der Waals surface area (Å²) >= 11 is 1.20. The number of hydrogen-bond donors (Lipinski definition) is 2. The summed E-state index contributed by atoms with van der Waals surface area (Å²) in [5.74, 6) is 0.590. The quantitative estimate of drug-likeness (QED) is 0.789. The van der Waals surface area contributed by atoms with E-state index >= 15 is 0 Å². The van der Waals surface area contributed by atoms with E-state index in [9.17, 15) is 9.18 Å². The monoisotopic (exact) mass is 300 g/mol. The smallest absolute Gasteiger partial charge is 0.279 e. The number of hydrogen-bond acceptors (Lipinski definition) is 4. The standard InChI is InChI=1S/C14H21FN2O2S/c1-17-14(18)20-9-10-4-3-5-11(7-6-10)13(19-2)12(16)8-15/h3-4,6-7,12-13H,5,8-9,16H2,1-2H3,(H,17,18). The number of rotatable bonds is 6. The minimum Gasteiger partial charge on any atom is -0.375 e. The second-order valence-electron chi connectivity index (χ2n) is 4.39. The highest BCUT2D eigenvalue weighted by Crippen LogP contribution is 2.20. The predicted molar refractivity (Wildman–Crippen MR) is 81.6 cm³/mol. The number of allylic oxidation sites excluding steroid dienone is 4. The summed E-state index contributed by atoms with van der Waals surface area (Å²) in [6.07, 6.45) is 8.01. The molecule has 2 atom stereocenters. The summed E-state index contributed by atoms with van der Waals surface area (Å²) in [7, 11) is 3.13. The van der Waals surface area contributed by atoms with Crippen LogP contribution in [0.2, 0.25) is 0 Å². The van der Waals surface area contributed by atoms with Gasteiger partial charge in [0, 0.05) is 19.9 Å². The van der Waals surface area contributed by atoms with E-state index in [2.05, 4.69) is 5.32 Å². The zero-order chi connectivity index (χ0) is 15.0. The molecule has 0 saturated heterocycles. The molecule has 4 nitrogen and oxygen atoms in total. The van der Waals surface area contributed by atoms with E-state index in [-0.39, 0.29) is 5.24 Å². The van der Waals surface area contributed by atoms with Crippen LogP contribution in [-0.2, 0) is 4.74 Å². The van der Waals surface area contributed by atoms with Crippen molar-refractivity contribution in [2.75, 3.05) is 26.6 Å².